The van der Waals surface area contributed by atoms with Gasteiger partial charge < -0.3 is 4.42 Å². The third-order valence-corrected chi connectivity index (χ3v) is 5.53. The molecule has 7 heteroatoms. The lowest BCUT2D eigenvalue weighted by Crippen LogP contribution is -2.20. The summed E-state index contributed by atoms with van der Waals surface area (Å²) in [6.07, 6.45) is 0. The topological polar surface area (TPSA) is 69.3 Å². The molecule has 3 aromatic carbocycles. The van der Waals surface area contributed by atoms with E-state index in [1.807, 2.05) is 19.1 Å². The first kappa shape index (κ1) is 20.1. The Morgan fingerprint density at radius 2 is 1.50 bits per heavy atom. The van der Waals surface area contributed by atoms with Crippen molar-refractivity contribution in [3.05, 3.63) is 104 Å². The van der Waals surface area contributed by atoms with Crippen molar-refractivity contribution in [1.82, 2.24) is 4.57 Å². The van der Waals surface area contributed by atoms with Gasteiger partial charge in [-0.3, -0.25) is 14.2 Å². The smallest absolute Gasteiger partial charge is 0.408 e. The van der Waals surface area contributed by atoms with Crippen molar-refractivity contribution in [2.45, 2.75) is 13.5 Å². The van der Waals surface area contributed by atoms with Crippen molar-refractivity contribution in [2.75, 3.05) is 0 Å². The number of hydrogen-bond donors (Lipinski definition) is 0. The molecular weight excluding hydrogens is 425 g/mol. The predicted molar refractivity (Wildman–Crippen MR) is 116 cm³/mol. The lowest BCUT2D eigenvalue weighted by Gasteiger charge is -2.05. The van der Waals surface area contributed by atoms with Crippen LogP contribution >= 0.6 is 23.2 Å². The number of aryl methyl sites for hydroxylation is 1. The molecule has 4 aromatic rings. The number of rotatable bonds is 5. The van der Waals surface area contributed by atoms with E-state index >= 15 is 0 Å². The Morgan fingerprint density at radius 1 is 0.867 bits per heavy atom. The summed E-state index contributed by atoms with van der Waals surface area (Å²) in [6, 6.07) is 16.4. The van der Waals surface area contributed by atoms with Crippen molar-refractivity contribution in [3.8, 4) is 0 Å². The average molecular weight is 440 g/mol. The molecule has 1 heterocycles. The van der Waals surface area contributed by atoms with E-state index in [1.165, 1.54) is 16.7 Å². The maximum Gasteiger partial charge on any atom is 0.420 e. The van der Waals surface area contributed by atoms with Gasteiger partial charge in [-0.25, -0.2) is 4.79 Å². The molecule has 0 radical (unpaired) electrons. The van der Waals surface area contributed by atoms with Gasteiger partial charge in [-0.1, -0.05) is 53.0 Å². The Bertz CT molecular complexity index is 1350. The zero-order valence-corrected chi connectivity index (χ0v) is 17.3. The number of Topliss-reactive ketones (excluding diaryl/α,β-unsaturated/α-hetero) is 1. The van der Waals surface area contributed by atoms with E-state index < -0.39 is 5.76 Å². The van der Waals surface area contributed by atoms with Crippen LogP contribution in [-0.4, -0.2) is 16.1 Å². The van der Waals surface area contributed by atoms with Gasteiger partial charge in [0.15, 0.2) is 17.1 Å². The van der Waals surface area contributed by atoms with Crippen molar-refractivity contribution in [1.29, 1.82) is 0 Å². The minimum absolute atomic E-state index is 0.158. The van der Waals surface area contributed by atoms with Crippen LogP contribution in [0.5, 0.6) is 0 Å². The molecule has 5 nitrogen and oxygen atoms in total. The Morgan fingerprint density at radius 3 is 2.20 bits per heavy atom. The number of ketones is 2. The number of nitrogens with zero attached hydrogens (tertiary/aromatic N) is 1. The first-order valence-electron chi connectivity index (χ1n) is 9.06. The number of oxazole rings is 1. The van der Waals surface area contributed by atoms with E-state index in [0.29, 0.717) is 27.2 Å². The summed E-state index contributed by atoms with van der Waals surface area (Å²) in [6.45, 7) is 1.77. The quantitative estimate of drug-likeness (QED) is 0.394. The molecule has 30 heavy (non-hydrogen) atoms. The highest BCUT2D eigenvalue weighted by Crippen LogP contribution is 2.25. The monoisotopic (exact) mass is 439 g/mol. The van der Waals surface area contributed by atoms with E-state index in [1.54, 1.807) is 36.4 Å². The Balaban J connectivity index is 1.66. The second-order valence-electron chi connectivity index (χ2n) is 6.88. The van der Waals surface area contributed by atoms with Crippen LogP contribution in [-0.2, 0) is 6.54 Å². The molecule has 1 aromatic heterocycles. The molecule has 0 N–H and O–H groups in total. The molecule has 150 valence electrons. The van der Waals surface area contributed by atoms with Gasteiger partial charge >= 0.3 is 5.76 Å². The molecule has 0 saturated carbocycles. The maximum atomic E-state index is 12.8. The minimum atomic E-state index is -0.662. The lowest BCUT2D eigenvalue weighted by molar-refractivity contribution is 0.0969. The molecule has 0 aliphatic carbocycles. The van der Waals surface area contributed by atoms with Crippen LogP contribution in [0, 0.1) is 6.92 Å². The molecule has 0 amide bonds. The first-order chi connectivity index (χ1) is 14.3. The molecule has 0 unspecified atom stereocenters. The number of benzene rings is 3. The highest BCUT2D eigenvalue weighted by atomic mass is 35.5. The lowest BCUT2D eigenvalue weighted by atomic mass is 10.0. The minimum Gasteiger partial charge on any atom is -0.408 e. The van der Waals surface area contributed by atoms with Gasteiger partial charge in [0.05, 0.1) is 22.1 Å². The second kappa shape index (κ2) is 7.94. The van der Waals surface area contributed by atoms with Crippen LogP contribution in [0.3, 0.4) is 0 Å². The number of carbonyl (C=O) groups excluding carboxylic acids is 2. The Labute approximate surface area is 181 Å². The van der Waals surface area contributed by atoms with Crippen LogP contribution in [0.4, 0.5) is 0 Å². The molecular formula is C23H15Cl2NO4. The predicted octanol–water partition coefficient (Wildman–Crippen LogP) is 5.32. The summed E-state index contributed by atoms with van der Waals surface area (Å²) in [7, 11) is 0. The molecule has 0 fully saturated rings. The number of aromatic nitrogens is 1. The van der Waals surface area contributed by atoms with Gasteiger partial charge in [0.25, 0.3) is 0 Å². The molecule has 0 spiro atoms. The normalized spacial score (nSPS) is 11.0. The van der Waals surface area contributed by atoms with E-state index in [2.05, 4.69) is 0 Å². The van der Waals surface area contributed by atoms with Gasteiger partial charge in [0.2, 0.25) is 0 Å². The van der Waals surface area contributed by atoms with Crippen LogP contribution in [0.2, 0.25) is 10.0 Å². The second-order valence-corrected chi connectivity index (χ2v) is 7.70. The standard InChI is InChI=1S/C23H15Cl2NO4/c1-13-2-4-14(5-3-13)20(27)12-26-19-9-7-16(11-21(19)30-23(26)29)22(28)15-6-8-17(24)18(25)10-15/h2-11H,12H2,1H3. The van der Waals surface area contributed by atoms with E-state index in [0.717, 1.165) is 5.56 Å². The van der Waals surface area contributed by atoms with Gasteiger partial charge in [-0.15, -0.1) is 0 Å². The van der Waals surface area contributed by atoms with Crippen molar-refractivity contribution in [2.24, 2.45) is 0 Å². The van der Waals surface area contributed by atoms with Gasteiger partial charge in [0, 0.05) is 16.7 Å². The van der Waals surface area contributed by atoms with Crippen LogP contribution in [0.25, 0.3) is 11.1 Å². The number of fused-ring (bicyclic) bond motifs is 1. The van der Waals surface area contributed by atoms with Gasteiger partial charge in [-0.05, 0) is 43.3 Å². The fourth-order valence-electron chi connectivity index (χ4n) is 3.14. The fourth-order valence-corrected chi connectivity index (χ4v) is 3.43. The summed E-state index contributed by atoms with van der Waals surface area (Å²) in [4.78, 5) is 37.6. The summed E-state index contributed by atoms with van der Waals surface area (Å²) in [5.74, 6) is -1.16. The fraction of sp³-hybridized carbons (Fsp3) is 0.0870. The van der Waals surface area contributed by atoms with Gasteiger partial charge in [0.1, 0.15) is 0 Å². The summed E-state index contributed by atoms with van der Waals surface area (Å²) < 4.78 is 6.54. The summed E-state index contributed by atoms with van der Waals surface area (Å²) in [5, 5.41) is 0.626. The highest BCUT2D eigenvalue weighted by Gasteiger charge is 2.17. The zero-order chi connectivity index (χ0) is 21.4. The first-order valence-corrected chi connectivity index (χ1v) is 9.82. The SMILES string of the molecule is Cc1ccc(C(=O)Cn2c(=O)oc3cc(C(=O)c4ccc(Cl)c(Cl)c4)ccc32)cc1. The van der Waals surface area contributed by atoms with E-state index in [4.69, 9.17) is 27.6 Å². The zero-order valence-electron chi connectivity index (χ0n) is 15.8. The summed E-state index contributed by atoms with van der Waals surface area (Å²) in [5.41, 5.74) is 2.89. The summed E-state index contributed by atoms with van der Waals surface area (Å²) >= 11 is 11.9. The van der Waals surface area contributed by atoms with Gasteiger partial charge in [-0.2, -0.15) is 0 Å². The van der Waals surface area contributed by atoms with Crippen molar-refractivity contribution >= 4 is 45.9 Å². The molecule has 0 aliphatic heterocycles. The Kier molecular flexibility index (Phi) is 5.33. The third-order valence-electron chi connectivity index (χ3n) is 4.79. The van der Waals surface area contributed by atoms with Crippen molar-refractivity contribution < 1.29 is 14.0 Å². The molecule has 4 rings (SSSR count). The van der Waals surface area contributed by atoms with Crippen LogP contribution in [0.15, 0.2) is 69.9 Å². The van der Waals surface area contributed by atoms with Crippen LogP contribution < -0.4 is 5.76 Å². The number of carbonyl (C=O) groups is 2. The number of hydrogen-bond acceptors (Lipinski definition) is 4. The molecule has 0 atom stereocenters. The Hall–Kier alpha value is -3.15. The highest BCUT2D eigenvalue weighted by molar-refractivity contribution is 6.42. The average Bonchev–Trinajstić information content (AvgIpc) is 3.04. The molecule has 0 bridgehead atoms. The van der Waals surface area contributed by atoms with Crippen LogP contribution in [0.1, 0.15) is 31.8 Å². The van der Waals surface area contributed by atoms with E-state index in [-0.39, 0.29) is 28.7 Å². The number of halogens is 2. The maximum absolute atomic E-state index is 12.8. The van der Waals surface area contributed by atoms with Crippen molar-refractivity contribution in [3.63, 3.8) is 0 Å². The third kappa shape index (κ3) is 3.82. The largest absolute Gasteiger partial charge is 0.420 e. The van der Waals surface area contributed by atoms with E-state index in [9.17, 15) is 14.4 Å². The molecule has 0 aliphatic rings. The molecule has 0 saturated heterocycles.